The number of carbonyl (C=O) groups is 1. The van der Waals surface area contributed by atoms with E-state index in [0.29, 0.717) is 38.3 Å². The van der Waals surface area contributed by atoms with E-state index in [1.165, 1.54) is 6.33 Å². The second-order valence-electron chi connectivity index (χ2n) is 7.50. The monoisotopic (exact) mass is 348 g/mol. The van der Waals surface area contributed by atoms with Crippen LogP contribution in [0.3, 0.4) is 0 Å². The number of rotatable bonds is 4. The van der Waals surface area contributed by atoms with Gasteiger partial charge in [0.05, 0.1) is 12.1 Å². The summed E-state index contributed by atoms with van der Waals surface area (Å²) in [5.41, 5.74) is 5.11. The molecule has 3 rings (SSSR count). The number of nitrogens with one attached hydrogen (secondary N) is 1. The molecule has 2 saturated heterocycles. The van der Waals surface area contributed by atoms with Gasteiger partial charge in [-0.3, -0.25) is 9.69 Å². The summed E-state index contributed by atoms with van der Waals surface area (Å²) in [5, 5.41) is 13.9. The van der Waals surface area contributed by atoms with Crippen LogP contribution in [0, 0.1) is 5.92 Å². The maximum absolute atomic E-state index is 12.0. The highest BCUT2D eigenvalue weighted by Crippen LogP contribution is 2.36. The molecule has 0 radical (unpaired) electrons. The van der Waals surface area contributed by atoms with Gasteiger partial charge in [0.2, 0.25) is 5.91 Å². The molecule has 1 aromatic rings. The lowest BCUT2D eigenvalue weighted by molar-refractivity contribution is -0.126. The predicted octanol–water partition coefficient (Wildman–Crippen LogP) is -0.153. The molecule has 8 nitrogen and oxygen atoms in total. The van der Waals surface area contributed by atoms with Gasteiger partial charge in [0.1, 0.15) is 18.0 Å². The van der Waals surface area contributed by atoms with E-state index in [-0.39, 0.29) is 17.9 Å². The first kappa shape index (κ1) is 17.9. The number of nitrogens with zero attached hydrogens (tertiary/aromatic N) is 4. The number of piperidine rings is 2. The van der Waals surface area contributed by atoms with Crippen LogP contribution in [-0.4, -0.2) is 70.2 Å². The smallest absolute Gasteiger partial charge is 0.234 e. The van der Waals surface area contributed by atoms with Gasteiger partial charge in [-0.25, -0.2) is 9.97 Å². The third kappa shape index (κ3) is 4.19. The summed E-state index contributed by atoms with van der Waals surface area (Å²) in [4.78, 5) is 24.5. The van der Waals surface area contributed by atoms with Gasteiger partial charge in [0.25, 0.3) is 0 Å². The molecule has 4 N–H and O–H groups in total. The number of fused-ring (bicyclic) bond motifs is 1. The Labute approximate surface area is 148 Å². The first-order valence-corrected chi connectivity index (χ1v) is 8.92. The Hall–Kier alpha value is -1.93. The summed E-state index contributed by atoms with van der Waals surface area (Å²) < 4.78 is 0. The van der Waals surface area contributed by atoms with Gasteiger partial charge in [-0.1, -0.05) is 0 Å². The molecule has 0 spiro atoms. The molecule has 8 heteroatoms. The number of amides is 1. The molecule has 2 fully saturated rings. The summed E-state index contributed by atoms with van der Waals surface area (Å²) in [6.45, 7) is 7.20. The lowest BCUT2D eigenvalue weighted by Gasteiger charge is -2.50. The number of anilines is 2. The average molecular weight is 348 g/mol. The van der Waals surface area contributed by atoms with E-state index in [9.17, 15) is 9.90 Å². The minimum atomic E-state index is -0.653. The van der Waals surface area contributed by atoms with Crippen molar-refractivity contribution >= 4 is 17.5 Å². The van der Waals surface area contributed by atoms with Gasteiger partial charge in [-0.2, -0.15) is 0 Å². The van der Waals surface area contributed by atoms with Crippen molar-refractivity contribution in [1.29, 1.82) is 0 Å². The number of carbonyl (C=O) groups excluding carboxylic acids is 1. The Morgan fingerprint density at radius 3 is 2.88 bits per heavy atom. The van der Waals surface area contributed by atoms with Crippen LogP contribution in [0.1, 0.15) is 26.7 Å². The van der Waals surface area contributed by atoms with Crippen LogP contribution < -0.4 is 16.0 Å². The van der Waals surface area contributed by atoms with E-state index in [0.717, 1.165) is 18.9 Å². The molecule has 0 aromatic carbocycles. The van der Waals surface area contributed by atoms with Crippen molar-refractivity contribution < 1.29 is 9.90 Å². The first-order chi connectivity index (χ1) is 11.9. The Kier molecular flexibility index (Phi) is 5.10. The van der Waals surface area contributed by atoms with Gasteiger partial charge in [-0.05, 0) is 26.7 Å². The van der Waals surface area contributed by atoms with Crippen LogP contribution in [0.2, 0.25) is 0 Å². The van der Waals surface area contributed by atoms with E-state index in [4.69, 9.17) is 5.73 Å². The molecule has 2 aliphatic rings. The molecular weight excluding hydrogens is 320 g/mol. The molecule has 138 valence electrons. The molecule has 25 heavy (non-hydrogen) atoms. The van der Waals surface area contributed by atoms with Crippen molar-refractivity contribution in [2.45, 2.75) is 38.3 Å². The molecule has 0 unspecified atom stereocenters. The number of nitrogen functional groups attached to an aromatic ring is 1. The van der Waals surface area contributed by atoms with Crippen LogP contribution in [0.5, 0.6) is 0 Å². The number of hydrogen-bond donors (Lipinski definition) is 3. The second-order valence-corrected chi connectivity index (χ2v) is 7.50. The van der Waals surface area contributed by atoms with Gasteiger partial charge in [0, 0.05) is 44.2 Å². The minimum absolute atomic E-state index is 0.0386. The lowest BCUT2D eigenvalue weighted by atomic mass is 9.75. The fourth-order valence-electron chi connectivity index (χ4n) is 3.83. The van der Waals surface area contributed by atoms with Crippen molar-refractivity contribution in [2.75, 3.05) is 43.4 Å². The summed E-state index contributed by atoms with van der Waals surface area (Å²) in [7, 11) is 0. The quantitative estimate of drug-likeness (QED) is 0.694. The van der Waals surface area contributed by atoms with Crippen molar-refractivity contribution in [1.82, 2.24) is 20.2 Å². The largest absolute Gasteiger partial charge is 0.389 e. The number of nitrogens with two attached hydrogens (primary N) is 1. The van der Waals surface area contributed by atoms with Crippen LogP contribution in [0.25, 0.3) is 0 Å². The predicted molar refractivity (Wildman–Crippen MR) is 96.0 cm³/mol. The van der Waals surface area contributed by atoms with Crippen LogP contribution in [-0.2, 0) is 4.79 Å². The number of aromatic nitrogens is 2. The van der Waals surface area contributed by atoms with Crippen LogP contribution >= 0.6 is 0 Å². The Bertz CT molecular complexity index is 625. The molecule has 2 aliphatic heterocycles. The van der Waals surface area contributed by atoms with Crippen molar-refractivity contribution in [2.24, 2.45) is 5.92 Å². The van der Waals surface area contributed by atoms with E-state index in [2.05, 4.69) is 25.1 Å². The van der Waals surface area contributed by atoms with Crippen LogP contribution in [0.4, 0.5) is 11.6 Å². The Morgan fingerprint density at radius 1 is 1.40 bits per heavy atom. The maximum atomic E-state index is 12.0. The number of hydrogen-bond acceptors (Lipinski definition) is 7. The van der Waals surface area contributed by atoms with E-state index < -0.39 is 5.60 Å². The van der Waals surface area contributed by atoms with E-state index in [1.54, 1.807) is 6.07 Å². The topological polar surface area (TPSA) is 108 Å². The third-order valence-corrected chi connectivity index (χ3v) is 5.17. The summed E-state index contributed by atoms with van der Waals surface area (Å²) in [6.07, 6.45) is 2.87. The third-order valence-electron chi connectivity index (χ3n) is 5.17. The molecule has 2 atom stereocenters. The van der Waals surface area contributed by atoms with Gasteiger partial charge in [-0.15, -0.1) is 0 Å². The molecule has 1 aromatic heterocycles. The SMILES string of the molecule is CC(C)NC(=O)CN1CC[C@@]2(O)CCN(c3cc(N)ncn3)C[C@H]2C1. The zero-order chi connectivity index (χ0) is 18.0. The average Bonchev–Trinajstić information content (AvgIpc) is 2.54. The molecule has 0 bridgehead atoms. The van der Waals surface area contributed by atoms with E-state index >= 15 is 0 Å². The molecule has 3 heterocycles. The van der Waals surface area contributed by atoms with E-state index in [1.807, 2.05) is 13.8 Å². The standard InChI is InChI=1S/C17H28N6O2/c1-12(2)21-16(24)10-22-5-3-17(25)4-6-23(9-13(17)8-22)15-7-14(18)19-11-20-15/h7,11-13,25H,3-6,8-10H2,1-2H3,(H,21,24)(H2,18,19,20)/t13-,17-/m1/s1. The fraction of sp³-hybridized carbons (Fsp3) is 0.706. The summed E-state index contributed by atoms with van der Waals surface area (Å²) in [6, 6.07) is 1.91. The lowest BCUT2D eigenvalue weighted by Crippen LogP contribution is -2.61. The highest BCUT2D eigenvalue weighted by atomic mass is 16.3. The van der Waals surface area contributed by atoms with Gasteiger partial charge >= 0.3 is 0 Å². The molecular formula is C17H28N6O2. The first-order valence-electron chi connectivity index (χ1n) is 8.92. The maximum Gasteiger partial charge on any atom is 0.234 e. The highest BCUT2D eigenvalue weighted by molar-refractivity contribution is 5.78. The zero-order valence-electron chi connectivity index (χ0n) is 15.0. The van der Waals surface area contributed by atoms with Gasteiger partial charge < -0.3 is 21.1 Å². The zero-order valence-corrected chi connectivity index (χ0v) is 15.0. The normalized spacial score (nSPS) is 27.2. The Balaban J connectivity index is 1.64. The summed E-state index contributed by atoms with van der Waals surface area (Å²) >= 11 is 0. The minimum Gasteiger partial charge on any atom is -0.389 e. The highest BCUT2D eigenvalue weighted by Gasteiger charge is 2.45. The number of likely N-dealkylation sites (tertiary alicyclic amines) is 1. The van der Waals surface area contributed by atoms with Crippen molar-refractivity contribution in [3.05, 3.63) is 12.4 Å². The fourth-order valence-corrected chi connectivity index (χ4v) is 3.83. The number of aliphatic hydroxyl groups is 1. The summed E-state index contributed by atoms with van der Waals surface area (Å²) in [5.74, 6) is 1.36. The molecule has 0 saturated carbocycles. The Morgan fingerprint density at radius 2 is 2.16 bits per heavy atom. The van der Waals surface area contributed by atoms with Gasteiger partial charge in [0.15, 0.2) is 0 Å². The second kappa shape index (κ2) is 7.13. The van der Waals surface area contributed by atoms with Crippen molar-refractivity contribution in [3.63, 3.8) is 0 Å². The molecule has 0 aliphatic carbocycles. The van der Waals surface area contributed by atoms with Crippen LogP contribution in [0.15, 0.2) is 12.4 Å². The molecule has 1 amide bonds. The van der Waals surface area contributed by atoms with Crippen molar-refractivity contribution in [3.8, 4) is 0 Å².